The van der Waals surface area contributed by atoms with Crippen LogP contribution in [0.3, 0.4) is 0 Å². The van der Waals surface area contributed by atoms with E-state index in [1.54, 1.807) is 6.92 Å². The number of rotatable bonds is 6. The van der Waals surface area contributed by atoms with Crippen molar-refractivity contribution in [1.82, 2.24) is 19.2 Å². The van der Waals surface area contributed by atoms with Gasteiger partial charge < -0.3 is 14.6 Å². The first kappa shape index (κ1) is 29.7. The molecule has 2 amide bonds. The number of likely N-dealkylation sites (N-methyl/N-ethyl adjacent to an activating group) is 1. The number of carbonyl (C=O) groups excluding carboxylic acids is 3. The number of amides is 2. The second-order valence-corrected chi connectivity index (χ2v) is 11.6. The Morgan fingerprint density at radius 3 is 2.42 bits per heavy atom. The van der Waals surface area contributed by atoms with Gasteiger partial charge >= 0.3 is 12.1 Å². The molecule has 10 nitrogen and oxygen atoms in total. The van der Waals surface area contributed by atoms with Crippen LogP contribution in [0.25, 0.3) is 0 Å². The zero-order valence-corrected chi connectivity index (χ0v) is 22.7. The smallest absolute Gasteiger partial charge is 0.341 e. The summed E-state index contributed by atoms with van der Waals surface area (Å²) in [5.74, 6) is -4.58. The third kappa shape index (κ3) is 6.24. The number of hydroxylamine groups is 2. The van der Waals surface area contributed by atoms with Crippen molar-refractivity contribution < 1.29 is 40.8 Å². The maximum atomic E-state index is 13.7. The Kier molecular flexibility index (Phi) is 8.68. The van der Waals surface area contributed by atoms with Gasteiger partial charge in [-0.25, -0.2) is 13.2 Å². The van der Waals surface area contributed by atoms with Gasteiger partial charge in [0.15, 0.2) is 0 Å². The summed E-state index contributed by atoms with van der Waals surface area (Å²) in [7, 11) is -0.790. The number of hydrogen-bond donors (Lipinski definition) is 0. The highest BCUT2D eigenvalue weighted by Gasteiger charge is 2.47. The monoisotopic (exact) mass is 580 g/mol. The summed E-state index contributed by atoms with van der Waals surface area (Å²) in [6.45, 7) is 3.77. The predicted molar refractivity (Wildman–Crippen MR) is 130 cm³/mol. The first-order valence-electron chi connectivity index (χ1n) is 11.6. The van der Waals surface area contributed by atoms with Gasteiger partial charge in [-0.1, -0.05) is 11.6 Å². The van der Waals surface area contributed by atoms with Crippen LogP contribution in [0.2, 0.25) is 5.02 Å². The van der Waals surface area contributed by atoms with Crippen molar-refractivity contribution in [3.63, 3.8) is 0 Å². The number of nitrogens with zero attached hydrogens (tertiary/aromatic N) is 4. The lowest BCUT2D eigenvalue weighted by Crippen LogP contribution is -2.55. The Balaban J connectivity index is 1.99. The molecule has 2 heterocycles. The highest BCUT2D eigenvalue weighted by atomic mass is 35.5. The number of aryl methyl sites for hydroxylation is 2. The van der Waals surface area contributed by atoms with Gasteiger partial charge in [-0.3, -0.25) is 13.9 Å². The number of likely N-dealkylation sites (tertiary alicyclic amines) is 1. The molecule has 210 valence electrons. The quantitative estimate of drug-likeness (QED) is 0.509. The molecule has 15 heteroatoms. The number of sulfonamides is 1. The first-order valence-corrected chi connectivity index (χ1v) is 13.4. The molecule has 0 bridgehead atoms. The fourth-order valence-corrected chi connectivity index (χ4v) is 6.20. The minimum atomic E-state index is -5.41. The third-order valence-corrected chi connectivity index (χ3v) is 8.76. The zero-order valence-electron chi connectivity index (χ0n) is 21.2. The Morgan fingerprint density at radius 1 is 1.16 bits per heavy atom. The minimum absolute atomic E-state index is 0.00140. The summed E-state index contributed by atoms with van der Waals surface area (Å²) in [6.07, 6.45) is -3.21. The minimum Gasteiger partial charge on any atom is -0.341 e. The van der Waals surface area contributed by atoms with Crippen LogP contribution < -0.4 is 0 Å². The van der Waals surface area contributed by atoms with Crippen LogP contribution in [-0.4, -0.2) is 90.8 Å². The molecule has 0 spiro atoms. The summed E-state index contributed by atoms with van der Waals surface area (Å²) in [5, 5.41) is 0.308. The van der Waals surface area contributed by atoms with Crippen LogP contribution in [0.15, 0.2) is 29.4 Å². The van der Waals surface area contributed by atoms with E-state index in [1.165, 1.54) is 24.0 Å². The van der Waals surface area contributed by atoms with E-state index in [1.807, 2.05) is 19.0 Å². The Morgan fingerprint density at radius 2 is 1.82 bits per heavy atom. The van der Waals surface area contributed by atoms with Crippen LogP contribution in [0.4, 0.5) is 13.2 Å². The van der Waals surface area contributed by atoms with Crippen molar-refractivity contribution in [2.75, 3.05) is 27.2 Å². The van der Waals surface area contributed by atoms with Crippen molar-refractivity contribution in [2.45, 2.75) is 56.3 Å². The highest BCUT2D eigenvalue weighted by molar-refractivity contribution is 7.89. The van der Waals surface area contributed by atoms with E-state index in [9.17, 15) is 36.0 Å². The predicted octanol–water partition coefficient (Wildman–Crippen LogP) is 2.59. The molecule has 0 saturated carbocycles. The van der Waals surface area contributed by atoms with Gasteiger partial charge in [-0.05, 0) is 64.0 Å². The summed E-state index contributed by atoms with van der Waals surface area (Å²) >= 11 is 6.09. The van der Waals surface area contributed by atoms with E-state index in [0.717, 1.165) is 12.6 Å². The molecule has 1 saturated heterocycles. The van der Waals surface area contributed by atoms with Crippen molar-refractivity contribution in [3.8, 4) is 0 Å². The van der Waals surface area contributed by atoms with Crippen molar-refractivity contribution >= 4 is 39.4 Å². The van der Waals surface area contributed by atoms with Gasteiger partial charge in [-0.2, -0.15) is 13.2 Å². The molecule has 3 rings (SSSR count). The Labute approximate surface area is 223 Å². The molecule has 0 radical (unpaired) electrons. The van der Waals surface area contributed by atoms with Gasteiger partial charge in [0.2, 0.25) is 5.91 Å². The number of halogens is 4. The molecular formula is C23H28ClF3N4O6S. The van der Waals surface area contributed by atoms with Crippen molar-refractivity contribution in [2.24, 2.45) is 0 Å². The highest BCUT2D eigenvalue weighted by Crippen LogP contribution is 2.31. The van der Waals surface area contributed by atoms with Crippen LogP contribution >= 0.6 is 11.6 Å². The zero-order chi connectivity index (χ0) is 28.6. The van der Waals surface area contributed by atoms with E-state index in [-0.39, 0.29) is 21.6 Å². The Bertz CT molecular complexity index is 1250. The van der Waals surface area contributed by atoms with Gasteiger partial charge in [0.25, 0.3) is 15.9 Å². The standard InChI is InChI=1S/C23H28ClF3N4O6S/c1-14-11-19(15(2)10-17(14)24)38(35,36)31-9-8-30(37-22(34)23(25,26)27)21(33)18(31)12-20(32)29-7-5-6-16(13-29)28(3)4/h8-11,16,18H,5-7,12-13H2,1-4H3/t16-,18-/m1/s1. The summed E-state index contributed by atoms with van der Waals surface area (Å²) in [5.41, 5.74) is 0.682. The summed E-state index contributed by atoms with van der Waals surface area (Å²) in [4.78, 5) is 45.2. The number of carbonyl (C=O) groups is 3. The molecule has 0 aromatic heterocycles. The third-order valence-electron chi connectivity index (χ3n) is 6.43. The lowest BCUT2D eigenvalue weighted by atomic mass is 10.0. The lowest BCUT2D eigenvalue weighted by molar-refractivity contribution is -0.231. The fourth-order valence-electron chi connectivity index (χ4n) is 4.24. The second-order valence-electron chi connectivity index (χ2n) is 9.36. The van der Waals surface area contributed by atoms with Crippen LogP contribution in [0, 0.1) is 13.8 Å². The van der Waals surface area contributed by atoms with Crippen LogP contribution in [-0.2, 0) is 29.2 Å². The number of piperidine rings is 1. The number of benzene rings is 1. The average molecular weight is 581 g/mol. The molecule has 1 fully saturated rings. The van der Waals surface area contributed by atoms with Gasteiger partial charge in [0.05, 0.1) is 17.5 Å². The second kappa shape index (κ2) is 11.1. The van der Waals surface area contributed by atoms with Crippen molar-refractivity contribution in [1.29, 1.82) is 0 Å². The van der Waals surface area contributed by atoms with Crippen LogP contribution in [0.1, 0.15) is 30.4 Å². The van der Waals surface area contributed by atoms with E-state index in [0.29, 0.717) is 40.6 Å². The average Bonchev–Trinajstić information content (AvgIpc) is 2.82. The van der Waals surface area contributed by atoms with Gasteiger partial charge in [0.1, 0.15) is 6.04 Å². The van der Waals surface area contributed by atoms with E-state index in [4.69, 9.17) is 11.6 Å². The number of alkyl halides is 3. The summed E-state index contributed by atoms with van der Waals surface area (Å²) < 4.78 is 66.2. The van der Waals surface area contributed by atoms with E-state index in [2.05, 4.69) is 4.84 Å². The van der Waals surface area contributed by atoms with Gasteiger partial charge in [0, 0.05) is 30.4 Å². The molecule has 2 aliphatic rings. The molecule has 2 aliphatic heterocycles. The first-order chi connectivity index (χ1) is 17.5. The maximum Gasteiger partial charge on any atom is 0.493 e. The van der Waals surface area contributed by atoms with Crippen molar-refractivity contribution in [3.05, 3.63) is 40.7 Å². The molecule has 38 heavy (non-hydrogen) atoms. The Hall–Kier alpha value is -2.84. The molecule has 1 aromatic carbocycles. The number of hydrogen-bond acceptors (Lipinski definition) is 7. The largest absolute Gasteiger partial charge is 0.493 e. The molecule has 1 aromatic rings. The molecule has 2 atom stereocenters. The summed E-state index contributed by atoms with van der Waals surface area (Å²) in [6, 6.07) is 0.950. The normalized spacial score (nSPS) is 20.8. The van der Waals surface area contributed by atoms with Crippen LogP contribution in [0.5, 0.6) is 0 Å². The van der Waals surface area contributed by atoms with E-state index >= 15 is 0 Å². The fraction of sp³-hybridized carbons (Fsp3) is 0.522. The maximum absolute atomic E-state index is 13.7. The molecular weight excluding hydrogens is 553 g/mol. The molecule has 0 unspecified atom stereocenters. The van der Waals surface area contributed by atoms with E-state index < -0.39 is 46.4 Å². The molecule has 0 aliphatic carbocycles. The lowest BCUT2D eigenvalue weighted by Gasteiger charge is -2.38. The SMILES string of the molecule is Cc1cc(S(=O)(=O)N2C=CN(OC(=O)C(F)(F)F)C(=O)[C@H]2CC(=O)N2CCC[C@@H](N(C)C)C2)c(C)cc1Cl. The molecule has 0 N–H and O–H groups in total. The van der Waals surface area contributed by atoms with Gasteiger partial charge in [-0.15, -0.1) is 5.06 Å². The topological polar surface area (TPSA) is 108 Å².